The second kappa shape index (κ2) is 5.47. The SMILES string of the molecule is CC(C)C[C@H](NC(=O)c1cccn1C1CC1)C(=O)O. The Morgan fingerprint density at radius 2 is 2.16 bits per heavy atom. The summed E-state index contributed by atoms with van der Waals surface area (Å²) in [5.74, 6) is -1.06. The summed E-state index contributed by atoms with van der Waals surface area (Å²) >= 11 is 0. The molecule has 0 aromatic carbocycles. The fourth-order valence-corrected chi connectivity index (χ4v) is 2.18. The highest BCUT2D eigenvalue weighted by molar-refractivity contribution is 5.95. The third kappa shape index (κ3) is 3.36. The van der Waals surface area contributed by atoms with E-state index in [0.29, 0.717) is 18.2 Å². The minimum Gasteiger partial charge on any atom is -0.480 e. The van der Waals surface area contributed by atoms with E-state index in [2.05, 4.69) is 5.32 Å². The lowest BCUT2D eigenvalue weighted by molar-refractivity contribution is -0.139. The van der Waals surface area contributed by atoms with Gasteiger partial charge >= 0.3 is 5.97 Å². The van der Waals surface area contributed by atoms with Crippen LogP contribution in [0.5, 0.6) is 0 Å². The van der Waals surface area contributed by atoms with E-state index < -0.39 is 12.0 Å². The molecule has 0 aliphatic heterocycles. The van der Waals surface area contributed by atoms with Crippen LogP contribution in [0.3, 0.4) is 0 Å². The lowest BCUT2D eigenvalue weighted by Gasteiger charge is -2.17. The van der Waals surface area contributed by atoms with E-state index in [-0.39, 0.29) is 11.8 Å². The number of aromatic nitrogens is 1. The topological polar surface area (TPSA) is 71.3 Å². The molecule has 1 aliphatic rings. The van der Waals surface area contributed by atoms with E-state index in [9.17, 15) is 9.59 Å². The minimum absolute atomic E-state index is 0.219. The van der Waals surface area contributed by atoms with Crippen molar-refractivity contribution in [1.29, 1.82) is 0 Å². The number of hydrogen-bond acceptors (Lipinski definition) is 2. The summed E-state index contributed by atoms with van der Waals surface area (Å²) < 4.78 is 1.93. The second-order valence-corrected chi connectivity index (χ2v) is 5.53. The van der Waals surface area contributed by atoms with E-state index in [1.54, 1.807) is 6.07 Å². The zero-order valence-corrected chi connectivity index (χ0v) is 11.3. The summed E-state index contributed by atoms with van der Waals surface area (Å²) in [5.41, 5.74) is 0.553. The molecule has 0 radical (unpaired) electrons. The van der Waals surface area contributed by atoms with Crippen LogP contribution in [0.4, 0.5) is 0 Å². The molecular formula is C14H20N2O3. The molecule has 2 N–H and O–H groups in total. The molecule has 0 spiro atoms. The van der Waals surface area contributed by atoms with Crippen LogP contribution in [0, 0.1) is 5.92 Å². The maximum absolute atomic E-state index is 12.2. The molecule has 1 aromatic rings. The lowest BCUT2D eigenvalue weighted by atomic mass is 10.0. The molecule has 1 atom stereocenters. The highest BCUT2D eigenvalue weighted by Gasteiger charge is 2.28. The van der Waals surface area contributed by atoms with Crippen molar-refractivity contribution < 1.29 is 14.7 Å². The van der Waals surface area contributed by atoms with Crippen molar-refractivity contribution >= 4 is 11.9 Å². The van der Waals surface area contributed by atoms with Crippen LogP contribution in [0.2, 0.25) is 0 Å². The Bertz CT molecular complexity index is 475. The fourth-order valence-electron chi connectivity index (χ4n) is 2.18. The largest absolute Gasteiger partial charge is 0.480 e. The molecule has 5 heteroatoms. The number of carbonyl (C=O) groups excluding carboxylic acids is 1. The van der Waals surface area contributed by atoms with E-state index in [0.717, 1.165) is 12.8 Å². The first kappa shape index (κ1) is 13.6. The molecule has 1 heterocycles. The summed E-state index contributed by atoms with van der Waals surface area (Å²) in [7, 11) is 0. The lowest BCUT2D eigenvalue weighted by Crippen LogP contribution is -2.42. The monoisotopic (exact) mass is 264 g/mol. The summed E-state index contributed by atoms with van der Waals surface area (Å²) in [5, 5.41) is 11.8. The number of aliphatic carboxylic acids is 1. The van der Waals surface area contributed by atoms with E-state index in [1.165, 1.54) is 0 Å². The third-order valence-electron chi connectivity index (χ3n) is 3.26. The van der Waals surface area contributed by atoms with Crippen LogP contribution in [0.15, 0.2) is 18.3 Å². The van der Waals surface area contributed by atoms with Crippen molar-refractivity contribution in [2.45, 2.75) is 45.2 Å². The zero-order chi connectivity index (χ0) is 14.0. The molecule has 1 amide bonds. The van der Waals surface area contributed by atoms with Gasteiger partial charge in [-0.15, -0.1) is 0 Å². The van der Waals surface area contributed by atoms with Gasteiger partial charge < -0.3 is 15.0 Å². The van der Waals surface area contributed by atoms with Crippen molar-refractivity contribution in [3.63, 3.8) is 0 Å². The number of carbonyl (C=O) groups is 2. The average molecular weight is 264 g/mol. The highest BCUT2D eigenvalue weighted by Crippen LogP contribution is 2.35. The first-order valence-electron chi connectivity index (χ1n) is 6.69. The standard InChI is InChI=1S/C14H20N2O3/c1-9(2)8-11(14(18)19)15-13(17)12-4-3-7-16(12)10-5-6-10/h3-4,7,9-11H,5-6,8H2,1-2H3,(H,15,17)(H,18,19)/t11-/m0/s1. The number of amides is 1. The fraction of sp³-hybridized carbons (Fsp3) is 0.571. The predicted molar refractivity (Wildman–Crippen MR) is 71.0 cm³/mol. The normalized spacial score (nSPS) is 16.4. The molecule has 0 unspecified atom stereocenters. The molecule has 0 bridgehead atoms. The van der Waals surface area contributed by atoms with Gasteiger partial charge in [-0.25, -0.2) is 4.79 Å². The smallest absolute Gasteiger partial charge is 0.326 e. The molecular weight excluding hydrogens is 244 g/mol. The Hall–Kier alpha value is -1.78. The highest BCUT2D eigenvalue weighted by atomic mass is 16.4. The van der Waals surface area contributed by atoms with Crippen molar-refractivity contribution in [3.05, 3.63) is 24.0 Å². The van der Waals surface area contributed by atoms with E-state index in [1.807, 2.05) is 30.7 Å². The van der Waals surface area contributed by atoms with Gasteiger partial charge in [0.25, 0.3) is 5.91 Å². The van der Waals surface area contributed by atoms with Crippen LogP contribution in [-0.2, 0) is 4.79 Å². The Morgan fingerprint density at radius 3 is 2.68 bits per heavy atom. The van der Waals surface area contributed by atoms with Crippen molar-refractivity contribution in [1.82, 2.24) is 9.88 Å². The number of rotatable bonds is 6. The van der Waals surface area contributed by atoms with Gasteiger partial charge in [0.05, 0.1) is 0 Å². The molecule has 5 nitrogen and oxygen atoms in total. The van der Waals surface area contributed by atoms with E-state index in [4.69, 9.17) is 5.11 Å². The molecule has 1 fully saturated rings. The average Bonchev–Trinajstić information content (AvgIpc) is 3.05. The van der Waals surface area contributed by atoms with Gasteiger partial charge in [0.15, 0.2) is 0 Å². The van der Waals surface area contributed by atoms with Crippen LogP contribution < -0.4 is 5.32 Å². The van der Waals surface area contributed by atoms with Gasteiger partial charge in [-0.1, -0.05) is 13.8 Å². The number of nitrogens with zero attached hydrogens (tertiary/aromatic N) is 1. The Morgan fingerprint density at radius 1 is 1.47 bits per heavy atom. The van der Waals surface area contributed by atoms with Gasteiger partial charge in [-0.2, -0.15) is 0 Å². The molecule has 1 aliphatic carbocycles. The van der Waals surface area contributed by atoms with Gasteiger partial charge in [0, 0.05) is 12.2 Å². The quantitative estimate of drug-likeness (QED) is 0.826. The summed E-state index contributed by atoms with van der Waals surface area (Å²) in [6.45, 7) is 3.88. The molecule has 1 saturated carbocycles. The van der Waals surface area contributed by atoms with Crippen molar-refractivity contribution in [2.75, 3.05) is 0 Å². The predicted octanol–water partition coefficient (Wildman–Crippen LogP) is 2.05. The van der Waals surface area contributed by atoms with Crippen molar-refractivity contribution in [3.8, 4) is 0 Å². The van der Waals surface area contributed by atoms with Crippen LogP contribution in [-0.4, -0.2) is 27.6 Å². The molecule has 2 rings (SSSR count). The second-order valence-electron chi connectivity index (χ2n) is 5.53. The summed E-state index contributed by atoms with van der Waals surface area (Å²) in [6, 6.07) is 3.15. The Labute approximate surface area is 112 Å². The molecule has 19 heavy (non-hydrogen) atoms. The van der Waals surface area contributed by atoms with E-state index >= 15 is 0 Å². The van der Waals surface area contributed by atoms with Gasteiger partial charge in [-0.3, -0.25) is 4.79 Å². The van der Waals surface area contributed by atoms with Gasteiger partial charge in [0.1, 0.15) is 11.7 Å². The molecule has 0 saturated heterocycles. The maximum Gasteiger partial charge on any atom is 0.326 e. The van der Waals surface area contributed by atoms with Crippen LogP contribution >= 0.6 is 0 Å². The number of hydrogen-bond donors (Lipinski definition) is 2. The van der Waals surface area contributed by atoms with Gasteiger partial charge in [-0.05, 0) is 37.3 Å². The van der Waals surface area contributed by atoms with Crippen LogP contribution in [0.1, 0.15) is 49.6 Å². The van der Waals surface area contributed by atoms with Crippen LogP contribution in [0.25, 0.3) is 0 Å². The molecule has 1 aromatic heterocycles. The summed E-state index contributed by atoms with van der Waals surface area (Å²) in [4.78, 5) is 23.3. The maximum atomic E-state index is 12.2. The van der Waals surface area contributed by atoms with Gasteiger partial charge in [0.2, 0.25) is 0 Å². The molecule has 104 valence electrons. The van der Waals surface area contributed by atoms with Crippen molar-refractivity contribution in [2.24, 2.45) is 5.92 Å². The Balaban J connectivity index is 2.06. The number of nitrogens with one attached hydrogen (secondary N) is 1. The third-order valence-corrected chi connectivity index (χ3v) is 3.26. The first-order valence-corrected chi connectivity index (χ1v) is 6.69. The summed E-state index contributed by atoms with van der Waals surface area (Å²) in [6.07, 6.45) is 4.49. The number of carboxylic acid groups (broad SMARTS) is 1. The Kier molecular flexibility index (Phi) is 3.93. The number of carboxylic acids is 1. The first-order chi connectivity index (χ1) is 8.99. The minimum atomic E-state index is -0.980. The zero-order valence-electron chi connectivity index (χ0n) is 11.3.